The maximum absolute atomic E-state index is 5.72. The molecule has 8 nitrogen and oxygen atoms in total. The Morgan fingerprint density at radius 3 is 1.08 bits per heavy atom. The molecule has 0 radical (unpaired) electrons. The van der Waals surface area contributed by atoms with Crippen molar-refractivity contribution in [2.24, 2.45) is 9.98 Å². The number of ether oxygens (including phenoxy) is 4. The van der Waals surface area contributed by atoms with Crippen LogP contribution < -0.4 is 18.9 Å². The molecule has 9 heteroatoms. The zero-order chi connectivity index (χ0) is 40.6. The quantitative estimate of drug-likeness (QED) is 0.0637. The van der Waals surface area contributed by atoms with Gasteiger partial charge in [-0.25, -0.2) is 0 Å². The van der Waals surface area contributed by atoms with Gasteiger partial charge in [0.1, 0.15) is 34.4 Å². The van der Waals surface area contributed by atoms with E-state index in [0.717, 1.165) is 68.3 Å². The predicted molar refractivity (Wildman–Crippen MR) is 242 cm³/mol. The molecular formula is C50H50N4NiO4. The minimum atomic E-state index is 0. The number of nitrogens with zero attached hydrogens (tertiary/aromatic N) is 4. The predicted octanol–water partition coefficient (Wildman–Crippen LogP) is 13.9. The summed E-state index contributed by atoms with van der Waals surface area (Å²) in [6.45, 7) is 10.2. The molecule has 59 heavy (non-hydrogen) atoms. The molecule has 0 saturated heterocycles. The van der Waals surface area contributed by atoms with Gasteiger partial charge < -0.3 is 29.6 Å². The molecular weight excluding hydrogens is 779 g/mol. The van der Waals surface area contributed by atoms with Crippen molar-refractivity contribution >= 4 is 46.6 Å². The average Bonchev–Trinajstić information content (AvgIpc) is 3.26. The Hall–Kier alpha value is -6.57. The number of hydrogen-bond acceptors (Lipinski definition) is 6. The van der Waals surface area contributed by atoms with Crippen molar-refractivity contribution in [2.45, 2.75) is 27.7 Å². The number of rotatable bonds is 18. The second-order valence-electron chi connectivity index (χ2n) is 12.2. The average molecular weight is 830 g/mol. The number of allylic oxidation sites excluding steroid dienone is 2. The molecule has 0 saturated carbocycles. The van der Waals surface area contributed by atoms with Crippen LogP contribution in [0.3, 0.4) is 0 Å². The standard InChI is InChI=1S/2C25H25N2O2.Ni/c2*1-3-28-24-16-10-8-14-22(24)26-19-18-21(20-12-6-5-7-13-20)27-23-15-9-11-17-25(23)29-4-2;/h2*5-19H,3-4H2,1-2H3;/q2*-1;+2/b2*21-18-,26-19?;. The van der Waals surface area contributed by atoms with E-state index in [2.05, 4.69) is 9.98 Å². The largest absolute Gasteiger partial charge is 2.00 e. The van der Waals surface area contributed by atoms with E-state index in [1.807, 2.05) is 198 Å². The van der Waals surface area contributed by atoms with E-state index in [-0.39, 0.29) is 16.5 Å². The van der Waals surface area contributed by atoms with Crippen molar-refractivity contribution in [1.29, 1.82) is 0 Å². The first-order chi connectivity index (χ1) is 28.6. The third-order valence-electron chi connectivity index (χ3n) is 8.17. The molecule has 0 aromatic heterocycles. The van der Waals surface area contributed by atoms with Crippen LogP contribution in [0.2, 0.25) is 0 Å². The fraction of sp³-hybridized carbons (Fsp3) is 0.160. The van der Waals surface area contributed by atoms with Crippen molar-refractivity contribution in [3.63, 3.8) is 0 Å². The van der Waals surface area contributed by atoms with Crippen molar-refractivity contribution in [2.75, 3.05) is 26.4 Å². The van der Waals surface area contributed by atoms with E-state index in [4.69, 9.17) is 29.6 Å². The van der Waals surface area contributed by atoms with Gasteiger partial charge in [0, 0.05) is 12.4 Å². The normalized spacial score (nSPS) is 11.3. The van der Waals surface area contributed by atoms with Crippen LogP contribution in [-0.4, -0.2) is 38.9 Å². The van der Waals surface area contributed by atoms with E-state index in [9.17, 15) is 0 Å². The molecule has 0 unspecified atom stereocenters. The van der Waals surface area contributed by atoms with Gasteiger partial charge in [-0.3, -0.25) is 9.98 Å². The summed E-state index contributed by atoms with van der Waals surface area (Å²) in [6.07, 6.45) is 7.32. The SMILES string of the molecule is CCOc1ccccc1N=C/C=C(\[N-]c1ccccc1OCC)c1ccccc1.CCOc1ccccc1N=C/C=C(\[N-]c1ccccc1OCC)c1ccccc1.[Ni+2]. The summed E-state index contributed by atoms with van der Waals surface area (Å²) in [5.74, 6) is 3.05. The van der Waals surface area contributed by atoms with Crippen molar-refractivity contribution < 1.29 is 35.4 Å². The van der Waals surface area contributed by atoms with Gasteiger partial charge >= 0.3 is 16.5 Å². The van der Waals surface area contributed by atoms with E-state index in [1.54, 1.807) is 12.4 Å². The molecule has 0 heterocycles. The molecule has 6 rings (SSSR count). The summed E-state index contributed by atoms with van der Waals surface area (Å²) in [4.78, 5) is 9.15. The number of benzene rings is 6. The minimum absolute atomic E-state index is 0. The van der Waals surface area contributed by atoms with Gasteiger partial charge in [0.15, 0.2) is 0 Å². The van der Waals surface area contributed by atoms with Crippen LogP contribution in [0.25, 0.3) is 22.0 Å². The Balaban J connectivity index is 0.000000256. The third-order valence-corrected chi connectivity index (χ3v) is 8.17. The Bertz CT molecular complexity index is 2100. The molecule has 6 aromatic carbocycles. The topological polar surface area (TPSA) is 89.8 Å². The number of para-hydroxylation sites is 8. The summed E-state index contributed by atoms with van der Waals surface area (Å²) in [6, 6.07) is 51.1. The molecule has 0 fully saturated rings. The van der Waals surface area contributed by atoms with Gasteiger partial charge in [-0.2, -0.15) is 0 Å². The molecule has 0 spiro atoms. The monoisotopic (exact) mass is 828 g/mol. The Labute approximate surface area is 359 Å². The van der Waals surface area contributed by atoms with E-state index in [0.29, 0.717) is 26.4 Å². The molecule has 0 amide bonds. The zero-order valence-electron chi connectivity index (χ0n) is 33.9. The van der Waals surface area contributed by atoms with Gasteiger partial charge in [0.25, 0.3) is 0 Å². The van der Waals surface area contributed by atoms with Crippen LogP contribution in [-0.2, 0) is 16.5 Å². The van der Waals surface area contributed by atoms with Gasteiger partial charge in [-0.1, -0.05) is 145 Å². The van der Waals surface area contributed by atoms with Crippen molar-refractivity contribution in [3.05, 3.63) is 192 Å². The fourth-order valence-corrected chi connectivity index (χ4v) is 5.59. The molecule has 0 aliphatic heterocycles. The van der Waals surface area contributed by atoms with Crippen LogP contribution in [0.5, 0.6) is 23.0 Å². The molecule has 0 N–H and O–H groups in total. The molecule has 0 atom stereocenters. The summed E-state index contributed by atoms with van der Waals surface area (Å²) in [5.41, 5.74) is 6.75. The van der Waals surface area contributed by atoms with Crippen LogP contribution in [0.15, 0.2) is 180 Å². The van der Waals surface area contributed by atoms with Gasteiger partial charge in [0.2, 0.25) is 0 Å². The fourth-order valence-electron chi connectivity index (χ4n) is 5.59. The molecule has 304 valence electrons. The Morgan fingerprint density at radius 1 is 0.407 bits per heavy atom. The Kier molecular flexibility index (Phi) is 19.6. The summed E-state index contributed by atoms with van der Waals surface area (Å²) in [7, 11) is 0. The van der Waals surface area contributed by atoms with Gasteiger partial charge in [-0.05, 0) is 75.2 Å². The first-order valence-corrected chi connectivity index (χ1v) is 19.5. The van der Waals surface area contributed by atoms with Crippen molar-refractivity contribution in [3.8, 4) is 23.0 Å². The first-order valence-electron chi connectivity index (χ1n) is 19.5. The zero-order valence-corrected chi connectivity index (χ0v) is 34.9. The third kappa shape index (κ3) is 14.4. The second-order valence-corrected chi connectivity index (χ2v) is 12.2. The second kappa shape index (κ2) is 25.6. The molecule has 0 bridgehead atoms. The van der Waals surface area contributed by atoms with Crippen LogP contribution >= 0.6 is 0 Å². The van der Waals surface area contributed by atoms with Crippen molar-refractivity contribution in [1.82, 2.24) is 0 Å². The maximum Gasteiger partial charge on any atom is 2.00 e. The molecule has 0 aliphatic carbocycles. The Morgan fingerprint density at radius 2 is 0.712 bits per heavy atom. The van der Waals surface area contributed by atoms with Crippen LogP contribution in [0.1, 0.15) is 38.8 Å². The van der Waals surface area contributed by atoms with Crippen LogP contribution in [0, 0.1) is 0 Å². The summed E-state index contributed by atoms with van der Waals surface area (Å²) in [5, 5.41) is 9.70. The van der Waals surface area contributed by atoms with Gasteiger partial charge in [-0.15, -0.1) is 11.4 Å². The number of aliphatic imine (C=N–C) groups is 2. The van der Waals surface area contributed by atoms with Crippen LogP contribution in [0.4, 0.5) is 22.7 Å². The molecule has 0 aliphatic rings. The van der Waals surface area contributed by atoms with E-state index < -0.39 is 0 Å². The summed E-state index contributed by atoms with van der Waals surface area (Å²) < 4.78 is 22.7. The molecule has 6 aromatic rings. The first kappa shape index (κ1) is 45.1. The number of hydrogen-bond donors (Lipinski definition) is 0. The summed E-state index contributed by atoms with van der Waals surface area (Å²) >= 11 is 0. The smallest absolute Gasteiger partial charge is 0.654 e. The van der Waals surface area contributed by atoms with E-state index in [1.165, 1.54) is 0 Å². The maximum atomic E-state index is 5.72. The van der Waals surface area contributed by atoms with Gasteiger partial charge in [0.05, 0.1) is 26.4 Å². The minimum Gasteiger partial charge on any atom is -0.654 e. The van der Waals surface area contributed by atoms with E-state index >= 15 is 0 Å².